The lowest BCUT2D eigenvalue weighted by molar-refractivity contribution is 0.0599. The maximum atomic E-state index is 12.9. The zero-order valence-electron chi connectivity index (χ0n) is 27.4. The maximum Gasteiger partial charge on any atom is 0.343 e. The highest BCUT2D eigenvalue weighted by Crippen LogP contribution is 2.37. The second kappa shape index (κ2) is 13.7. The molecule has 0 aromatic heterocycles. The highest BCUT2D eigenvalue weighted by molar-refractivity contribution is 5.91. The molecule has 1 atom stereocenters. The van der Waals surface area contributed by atoms with Crippen molar-refractivity contribution < 1.29 is 23.7 Å². The first-order valence-corrected chi connectivity index (χ1v) is 15.3. The molecule has 0 amide bonds. The molecule has 4 rings (SSSR count). The molecule has 1 unspecified atom stereocenters. The molecule has 0 aliphatic carbocycles. The molecule has 0 aliphatic rings. The number of ether oxygens (including phenoxy) is 4. The van der Waals surface area contributed by atoms with E-state index >= 15 is 0 Å². The van der Waals surface area contributed by atoms with Crippen molar-refractivity contribution in [2.45, 2.75) is 79.4 Å². The van der Waals surface area contributed by atoms with E-state index in [0.717, 1.165) is 23.3 Å². The zero-order valence-corrected chi connectivity index (χ0v) is 27.4. The largest absolute Gasteiger partial charge is 0.488 e. The minimum atomic E-state index is -0.420. The third-order valence-electron chi connectivity index (χ3n) is 7.38. The first kappa shape index (κ1) is 32.8. The van der Waals surface area contributed by atoms with Gasteiger partial charge in [0.1, 0.15) is 28.6 Å². The Morgan fingerprint density at radius 2 is 1.09 bits per heavy atom. The van der Waals surface area contributed by atoms with Crippen molar-refractivity contribution in [3.63, 3.8) is 0 Å². The van der Waals surface area contributed by atoms with E-state index in [1.807, 2.05) is 81.4 Å². The van der Waals surface area contributed by atoms with Crippen molar-refractivity contribution in [2.75, 3.05) is 6.61 Å². The van der Waals surface area contributed by atoms with Crippen LogP contribution in [0.4, 0.5) is 0 Å². The number of esters is 1. The van der Waals surface area contributed by atoms with Gasteiger partial charge in [0.15, 0.2) is 0 Å². The Morgan fingerprint density at radius 1 is 0.614 bits per heavy atom. The van der Waals surface area contributed by atoms with E-state index in [1.165, 1.54) is 5.56 Å². The summed E-state index contributed by atoms with van der Waals surface area (Å²) >= 11 is 0. The summed E-state index contributed by atoms with van der Waals surface area (Å²) in [4.78, 5) is 12.9. The second-order valence-electron chi connectivity index (χ2n) is 13.7. The molecule has 0 spiro atoms. The third kappa shape index (κ3) is 9.20. The molecule has 4 aromatic carbocycles. The van der Waals surface area contributed by atoms with Crippen LogP contribution in [-0.2, 0) is 16.8 Å². The molecule has 4 aromatic rings. The third-order valence-corrected chi connectivity index (χ3v) is 7.38. The van der Waals surface area contributed by atoms with Gasteiger partial charge in [0.05, 0.1) is 18.8 Å². The summed E-state index contributed by atoms with van der Waals surface area (Å²) in [6.45, 7) is 18.3. The molecule has 232 valence electrons. The van der Waals surface area contributed by atoms with E-state index in [9.17, 15) is 4.79 Å². The summed E-state index contributed by atoms with van der Waals surface area (Å²) in [6.07, 6.45) is 0.913. The summed E-state index contributed by atoms with van der Waals surface area (Å²) in [5, 5.41) is 0. The molecule has 0 aliphatic heterocycles. The lowest BCUT2D eigenvalue weighted by atomic mass is 9.74. The van der Waals surface area contributed by atoms with E-state index in [0.29, 0.717) is 36.0 Å². The number of carbonyl (C=O) groups is 1. The van der Waals surface area contributed by atoms with Gasteiger partial charge in [-0.15, -0.1) is 0 Å². The molecule has 0 N–H and O–H groups in total. The number of carbonyl (C=O) groups excluding carboxylic acids is 1. The molecule has 0 radical (unpaired) electrons. The summed E-state index contributed by atoms with van der Waals surface area (Å²) in [5.74, 6) is 2.29. The Bertz CT molecular complexity index is 1490. The van der Waals surface area contributed by atoms with Gasteiger partial charge in [0.25, 0.3) is 0 Å². The number of benzene rings is 4. The van der Waals surface area contributed by atoms with Crippen LogP contribution in [0.3, 0.4) is 0 Å². The van der Waals surface area contributed by atoms with E-state index in [1.54, 1.807) is 24.3 Å². The molecular weight excluding hydrogens is 548 g/mol. The Morgan fingerprint density at radius 3 is 1.57 bits per heavy atom. The van der Waals surface area contributed by atoms with Crippen molar-refractivity contribution in [1.29, 1.82) is 0 Å². The van der Waals surface area contributed by atoms with Gasteiger partial charge in [-0.05, 0) is 110 Å². The summed E-state index contributed by atoms with van der Waals surface area (Å²) in [5.41, 5.74) is 3.59. The van der Waals surface area contributed by atoms with Gasteiger partial charge in [-0.25, -0.2) is 4.79 Å². The smallest absolute Gasteiger partial charge is 0.343 e. The van der Waals surface area contributed by atoms with Crippen LogP contribution in [-0.4, -0.2) is 18.2 Å². The fourth-order valence-electron chi connectivity index (χ4n) is 4.80. The van der Waals surface area contributed by atoms with Crippen LogP contribution in [0.25, 0.3) is 0 Å². The molecule has 0 saturated heterocycles. The van der Waals surface area contributed by atoms with Gasteiger partial charge in [0.2, 0.25) is 0 Å². The predicted octanol–water partition coefficient (Wildman–Crippen LogP) is 10.2. The van der Waals surface area contributed by atoms with Crippen LogP contribution >= 0.6 is 0 Å². The van der Waals surface area contributed by atoms with Crippen LogP contribution in [0.2, 0.25) is 0 Å². The first-order chi connectivity index (χ1) is 20.7. The standard InChI is InChI=1S/C39H46O5/c1-9-39(8,31-16-24-35(25-17-31)44-38(5,6)7)30-14-22-34(23-15-30)43-36(40)29-12-20-33(21-13-29)42-32-18-10-28(11-19-32)26-41-27-37(2,3)4/h10-25H,9,26-27H2,1-8H3. The topological polar surface area (TPSA) is 54.0 Å². The molecule has 0 saturated carbocycles. The van der Waals surface area contributed by atoms with Gasteiger partial charge in [-0.1, -0.05) is 71.0 Å². The average molecular weight is 595 g/mol. The lowest BCUT2D eigenvalue weighted by Crippen LogP contribution is -2.24. The van der Waals surface area contributed by atoms with Gasteiger partial charge < -0.3 is 18.9 Å². The summed E-state index contributed by atoms with van der Waals surface area (Å²) in [6, 6.07) is 30.9. The van der Waals surface area contributed by atoms with E-state index < -0.39 is 5.97 Å². The number of rotatable bonds is 11. The highest BCUT2D eigenvalue weighted by atomic mass is 16.5. The quantitative estimate of drug-likeness (QED) is 0.128. The minimum Gasteiger partial charge on any atom is -0.488 e. The van der Waals surface area contributed by atoms with Crippen molar-refractivity contribution in [3.8, 4) is 23.0 Å². The molecular formula is C39H46O5. The van der Waals surface area contributed by atoms with E-state index in [4.69, 9.17) is 18.9 Å². The normalized spacial score (nSPS) is 13.2. The Kier molecular flexibility index (Phi) is 10.2. The fourth-order valence-corrected chi connectivity index (χ4v) is 4.80. The van der Waals surface area contributed by atoms with Gasteiger partial charge >= 0.3 is 5.97 Å². The van der Waals surface area contributed by atoms with Crippen molar-refractivity contribution in [1.82, 2.24) is 0 Å². The number of hydrogen-bond donors (Lipinski definition) is 0. The molecule has 0 heterocycles. The summed E-state index contributed by atoms with van der Waals surface area (Å²) < 4.78 is 23.4. The van der Waals surface area contributed by atoms with E-state index in [-0.39, 0.29) is 16.4 Å². The Balaban J connectivity index is 1.34. The van der Waals surface area contributed by atoms with Crippen LogP contribution in [0, 0.1) is 5.41 Å². The molecule has 5 nitrogen and oxygen atoms in total. The Labute approximate surface area is 263 Å². The molecule has 44 heavy (non-hydrogen) atoms. The van der Waals surface area contributed by atoms with Crippen molar-refractivity contribution >= 4 is 5.97 Å². The van der Waals surface area contributed by atoms with Crippen molar-refractivity contribution in [3.05, 3.63) is 119 Å². The molecule has 0 fully saturated rings. The average Bonchev–Trinajstić information content (AvgIpc) is 2.97. The summed E-state index contributed by atoms with van der Waals surface area (Å²) in [7, 11) is 0. The molecule has 0 bridgehead atoms. The predicted molar refractivity (Wildman–Crippen MR) is 177 cm³/mol. The fraction of sp³-hybridized carbons (Fsp3) is 0.359. The maximum absolute atomic E-state index is 12.9. The van der Waals surface area contributed by atoms with E-state index in [2.05, 4.69) is 46.8 Å². The minimum absolute atomic E-state index is 0.138. The van der Waals surface area contributed by atoms with Crippen LogP contribution < -0.4 is 14.2 Å². The van der Waals surface area contributed by atoms with Crippen LogP contribution in [0.15, 0.2) is 97.1 Å². The van der Waals surface area contributed by atoms with Crippen LogP contribution in [0.5, 0.6) is 23.0 Å². The lowest BCUT2D eigenvalue weighted by Gasteiger charge is -2.30. The van der Waals surface area contributed by atoms with Crippen LogP contribution in [0.1, 0.15) is 88.9 Å². The first-order valence-electron chi connectivity index (χ1n) is 15.3. The van der Waals surface area contributed by atoms with Crippen molar-refractivity contribution in [2.24, 2.45) is 5.41 Å². The highest BCUT2D eigenvalue weighted by Gasteiger charge is 2.27. The number of hydrogen-bond acceptors (Lipinski definition) is 5. The van der Waals surface area contributed by atoms with Gasteiger partial charge in [-0.2, -0.15) is 0 Å². The Hall–Kier alpha value is -4.09. The van der Waals surface area contributed by atoms with Gasteiger partial charge in [-0.3, -0.25) is 0 Å². The monoisotopic (exact) mass is 594 g/mol. The SMILES string of the molecule is CCC(C)(c1ccc(OC(=O)c2ccc(Oc3ccc(COCC(C)(C)C)cc3)cc2)cc1)c1ccc(OC(C)(C)C)cc1. The zero-order chi connectivity index (χ0) is 32.0. The van der Waals surface area contributed by atoms with Gasteiger partial charge in [0, 0.05) is 5.41 Å². The molecule has 5 heteroatoms. The second-order valence-corrected chi connectivity index (χ2v) is 13.7.